The van der Waals surface area contributed by atoms with Gasteiger partial charge < -0.3 is 14.8 Å². The van der Waals surface area contributed by atoms with Crippen LogP contribution >= 0.6 is 0 Å². The highest BCUT2D eigenvalue weighted by Crippen LogP contribution is 2.16. The predicted octanol–water partition coefficient (Wildman–Crippen LogP) is 1.67. The van der Waals surface area contributed by atoms with E-state index >= 15 is 0 Å². The standard InChI is InChI=1S/C21H20N2O6/c1-14(24)22-17(12-15-8-4-3-5-9-15)21(27)29-13-19(25)23-20(26)16-10-6-7-11-18(16)28-2/h3-12H,13H2,1-2H3,(H,22,24)(H,23,25,26)/b17-12+. The van der Waals surface area contributed by atoms with E-state index in [4.69, 9.17) is 9.47 Å². The summed E-state index contributed by atoms with van der Waals surface area (Å²) in [5.74, 6) is -2.60. The molecule has 0 spiro atoms. The van der Waals surface area contributed by atoms with Crippen LogP contribution in [0.1, 0.15) is 22.8 Å². The molecule has 2 aromatic rings. The Labute approximate surface area is 167 Å². The molecule has 0 unspecified atom stereocenters. The van der Waals surface area contributed by atoms with E-state index in [1.54, 1.807) is 48.5 Å². The van der Waals surface area contributed by atoms with Crippen molar-refractivity contribution in [2.45, 2.75) is 6.92 Å². The molecule has 2 aromatic carbocycles. The molecule has 3 amide bonds. The van der Waals surface area contributed by atoms with Gasteiger partial charge in [-0.15, -0.1) is 0 Å². The van der Waals surface area contributed by atoms with Gasteiger partial charge in [0.15, 0.2) is 6.61 Å². The molecular formula is C21H20N2O6. The van der Waals surface area contributed by atoms with Crippen LogP contribution in [0.2, 0.25) is 0 Å². The summed E-state index contributed by atoms with van der Waals surface area (Å²) in [6.45, 7) is 0.538. The van der Waals surface area contributed by atoms with Crippen LogP contribution in [0.3, 0.4) is 0 Å². The van der Waals surface area contributed by atoms with Gasteiger partial charge in [0.05, 0.1) is 12.7 Å². The molecule has 0 aliphatic carbocycles. The van der Waals surface area contributed by atoms with E-state index in [0.29, 0.717) is 11.3 Å². The average Bonchev–Trinajstić information content (AvgIpc) is 2.71. The molecule has 0 heterocycles. The number of rotatable bonds is 7. The molecule has 0 aliphatic heterocycles. The number of methoxy groups -OCH3 is 1. The van der Waals surface area contributed by atoms with Crippen molar-refractivity contribution in [3.05, 3.63) is 71.4 Å². The number of nitrogens with one attached hydrogen (secondary N) is 2. The smallest absolute Gasteiger partial charge is 0.355 e. The molecule has 29 heavy (non-hydrogen) atoms. The molecular weight excluding hydrogens is 376 g/mol. The summed E-state index contributed by atoms with van der Waals surface area (Å²) in [6.07, 6.45) is 1.42. The number of esters is 1. The maximum absolute atomic E-state index is 12.3. The summed E-state index contributed by atoms with van der Waals surface area (Å²) in [6, 6.07) is 15.2. The largest absolute Gasteiger partial charge is 0.496 e. The zero-order chi connectivity index (χ0) is 21.2. The minimum Gasteiger partial charge on any atom is -0.496 e. The van der Waals surface area contributed by atoms with Gasteiger partial charge in [-0.25, -0.2) is 4.79 Å². The van der Waals surface area contributed by atoms with Crippen molar-refractivity contribution in [2.24, 2.45) is 0 Å². The van der Waals surface area contributed by atoms with Gasteiger partial charge >= 0.3 is 5.97 Å². The van der Waals surface area contributed by atoms with Crippen molar-refractivity contribution < 1.29 is 28.7 Å². The van der Waals surface area contributed by atoms with Gasteiger partial charge in [-0.1, -0.05) is 42.5 Å². The molecule has 2 rings (SSSR count). The second-order valence-electron chi connectivity index (χ2n) is 5.80. The Balaban J connectivity index is 2.00. The predicted molar refractivity (Wildman–Crippen MR) is 105 cm³/mol. The maximum Gasteiger partial charge on any atom is 0.355 e. The van der Waals surface area contributed by atoms with Crippen LogP contribution in [0, 0.1) is 0 Å². The molecule has 0 aromatic heterocycles. The molecule has 0 aliphatic rings. The van der Waals surface area contributed by atoms with Crippen molar-refractivity contribution in [3.8, 4) is 5.75 Å². The molecule has 8 nitrogen and oxygen atoms in total. The first-order valence-corrected chi connectivity index (χ1v) is 8.59. The number of para-hydroxylation sites is 1. The van der Waals surface area contributed by atoms with E-state index in [1.807, 2.05) is 0 Å². The third-order valence-electron chi connectivity index (χ3n) is 3.58. The zero-order valence-electron chi connectivity index (χ0n) is 15.9. The second kappa shape index (κ2) is 10.4. The number of imide groups is 1. The number of hydrogen-bond donors (Lipinski definition) is 2. The van der Waals surface area contributed by atoms with Crippen LogP contribution in [-0.4, -0.2) is 37.4 Å². The van der Waals surface area contributed by atoms with E-state index in [-0.39, 0.29) is 11.3 Å². The molecule has 2 N–H and O–H groups in total. The van der Waals surface area contributed by atoms with Crippen molar-refractivity contribution in [1.29, 1.82) is 0 Å². The lowest BCUT2D eigenvalue weighted by atomic mass is 10.2. The monoisotopic (exact) mass is 396 g/mol. The van der Waals surface area contributed by atoms with Gasteiger partial charge in [-0.05, 0) is 23.8 Å². The van der Waals surface area contributed by atoms with Gasteiger partial charge in [-0.3, -0.25) is 19.7 Å². The molecule has 0 atom stereocenters. The molecule has 0 radical (unpaired) electrons. The maximum atomic E-state index is 12.3. The Morgan fingerprint density at radius 3 is 2.24 bits per heavy atom. The molecule has 0 bridgehead atoms. The van der Waals surface area contributed by atoms with Gasteiger partial charge in [0.1, 0.15) is 11.4 Å². The summed E-state index contributed by atoms with van der Waals surface area (Å²) < 4.78 is 9.98. The highest BCUT2D eigenvalue weighted by molar-refractivity contribution is 6.07. The number of carbonyl (C=O) groups excluding carboxylic acids is 4. The molecule has 0 saturated carbocycles. The summed E-state index contributed by atoms with van der Waals surface area (Å²) in [5.41, 5.74) is 0.689. The van der Waals surface area contributed by atoms with Crippen LogP contribution in [-0.2, 0) is 19.1 Å². The highest BCUT2D eigenvalue weighted by atomic mass is 16.5. The van der Waals surface area contributed by atoms with Crippen LogP contribution in [0.5, 0.6) is 5.75 Å². The van der Waals surface area contributed by atoms with Crippen molar-refractivity contribution in [3.63, 3.8) is 0 Å². The third-order valence-corrected chi connectivity index (χ3v) is 3.58. The Morgan fingerprint density at radius 2 is 1.59 bits per heavy atom. The summed E-state index contributed by atoms with van der Waals surface area (Å²) >= 11 is 0. The molecule has 150 valence electrons. The number of benzene rings is 2. The molecule has 0 saturated heterocycles. The Morgan fingerprint density at radius 1 is 0.931 bits per heavy atom. The first-order valence-electron chi connectivity index (χ1n) is 8.59. The van der Waals surface area contributed by atoms with Crippen LogP contribution in [0.15, 0.2) is 60.3 Å². The number of carbonyl (C=O) groups is 4. The average molecular weight is 396 g/mol. The first-order chi connectivity index (χ1) is 13.9. The van der Waals surface area contributed by atoms with Gasteiger partial charge in [0.2, 0.25) is 5.91 Å². The van der Waals surface area contributed by atoms with Crippen LogP contribution in [0.4, 0.5) is 0 Å². The lowest BCUT2D eigenvalue weighted by Crippen LogP contribution is -2.35. The van der Waals surface area contributed by atoms with E-state index in [2.05, 4.69) is 10.6 Å². The van der Waals surface area contributed by atoms with E-state index in [0.717, 1.165) is 0 Å². The Bertz CT molecular complexity index is 937. The minimum atomic E-state index is -0.913. The fraction of sp³-hybridized carbons (Fsp3) is 0.143. The third kappa shape index (κ3) is 6.62. The van der Waals surface area contributed by atoms with Crippen molar-refractivity contribution in [1.82, 2.24) is 10.6 Å². The van der Waals surface area contributed by atoms with Gasteiger partial charge in [0, 0.05) is 6.92 Å². The number of hydrogen-bond acceptors (Lipinski definition) is 6. The van der Waals surface area contributed by atoms with Crippen molar-refractivity contribution >= 4 is 29.8 Å². The van der Waals surface area contributed by atoms with E-state index < -0.39 is 30.3 Å². The molecule has 8 heteroatoms. The topological polar surface area (TPSA) is 111 Å². The highest BCUT2D eigenvalue weighted by Gasteiger charge is 2.18. The van der Waals surface area contributed by atoms with Crippen LogP contribution in [0.25, 0.3) is 6.08 Å². The van der Waals surface area contributed by atoms with E-state index in [1.165, 1.54) is 26.2 Å². The number of ether oxygens (including phenoxy) is 2. The quantitative estimate of drug-likeness (QED) is 0.544. The SMILES string of the molecule is COc1ccccc1C(=O)NC(=O)COC(=O)/C(=C\c1ccccc1)NC(C)=O. The Hall–Kier alpha value is -3.94. The second-order valence-corrected chi connectivity index (χ2v) is 5.80. The fourth-order valence-corrected chi connectivity index (χ4v) is 2.32. The summed E-state index contributed by atoms with van der Waals surface area (Å²) in [7, 11) is 1.40. The number of amides is 3. The fourth-order valence-electron chi connectivity index (χ4n) is 2.32. The van der Waals surface area contributed by atoms with Gasteiger partial charge in [-0.2, -0.15) is 0 Å². The lowest BCUT2D eigenvalue weighted by molar-refractivity contribution is -0.145. The van der Waals surface area contributed by atoms with Gasteiger partial charge in [0.25, 0.3) is 11.8 Å². The summed E-state index contributed by atoms with van der Waals surface area (Å²) in [4.78, 5) is 47.8. The van der Waals surface area contributed by atoms with Crippen molar-refractivity contribution in [2.75, 3.05) is 13.7 Å². The Kier molecular flexibility index (Phi) is 7.67. The first kappa shape index (κ1) is 21.4. The molecule has 0 fully saturated rings. The van der Waals surface area contributed by atoms with E-state index in [9.17, 15) is 19.2 Å². The normalized spacial score (nSPS) is 10.6. The lowest BCUT2D eigenvalue weighted by Gasteiger charge is -2.10. The minimum absolute atomic E-state index is 0.132. The zero-order valence-corrected chi connectivity index (χ0v) is 15.9. The summed E-state index contributed by atoms with van der Waals surface area (Å²) in [5, 5.41) is 4.48. The van der Waals surface area contributed by atoms with Crippen LogP contribution < -0.4 is 15.4 Å².